The maximum atomic E-state index is 6.37. The molecular weight excluding hydrogens is 184 g/mol. The summed E-state index contributed by atoms with van der Waals surface area (Å²) in [5, 5.41) is 0. The minimum Gasteiger partial charge on any atom is -0.373 e. The van der Waals surface area contributed by atoms with Gasteiger partial charge < -0.3 is 4.74 Å². The van der Waals surface area contributed by atoms with Crippen LogP contribution in [0.15, 0.2) is 24.3 Å². The molecule has 0 aromatic rings. The number of fused-ring (bicyclic) bond motifs is 11. The van der Waals surface area contributed by atoms with Crippen LogP contribution in [0.5, 0.6) is 0 Å². The number of hydrogen-bond donors (Lipinski definition) is 0. The van der Waals surface area contributed by atoms with Gasteiger partial charge in [0.25, 0.3) is 0 Å². The van der Waals surface area contributed by atoms with E-state index in [1.807, 2.05) is 0 Å². The Morgan fingerprint density at radius 3 is 1.67 bits per heavy atom. The molecule has 0 aromatic carbocycles. The van der Waals surface area contributed by atoms with Crippen LogP contribution < -0.4 is 0 Å². The Hall–Kier alpha value is -0.560. The van der Waals surface area contributed by atoms with E-state index >= 15 is 0 Å². The standard InChI is InChI=1S/C14H16O/c1-3-9-5-7(1)11-12-8-2-4-10(6-8)14(12)15-13(9)11/h1-4,7-14H,5-6H2. The van der Waals surface area contributed by atoms with E-state index in [-0.39, 0.29) is 0 Å². The second kappa shape index (κ2) is 2.24. The smallest absolute Gasteiger partial charge is 0.0679 e. The third-order valence-corrected chi connectivity index (χ3v) is 5.65. The van der Waals surface area contributed by atoms with E-state index in [9.17, 15) is 0 Å². The Balaban J connectivity index is 1.61. The van der Waals surface area contributed by atoms with Crippen LogP contribution in [0.1, 0.15) is 12.8 Å². The first-order valence-electron chi connectivity index (χ1n) is 6.44. The van der Waals surface area contributed by atoms with E-state index in [0.717, 1.165) is 35.5 Å². The van der Waals surface area contributed by atoms with Crippen molar-refractivity contribution in [2.75, 3.05) is 0 Å². The molecule has 8 atom stereocenters. The molecule has 1 heterocycles. The molecule has 78 valence electrons. The maximum absolute atomic E-state index is 6.37. The highest BCUT2D eigenvalue weighted by Gasteiger charge is 2.62. The molecule has 0 radical (unpaired) electrons. The average molecular weight is 200 g/mol. The van der Waals surface area contributed by atoms with Crippen molar-refractivity contribution in [1.29, 1.82) is 0 Å². The summed E-state index contributed by atoms with van der Waals surface area (Å²) in [7, 11) is 0. The minimum absolute atomic E-state index is 0.597. The van der Waals surface area contributed by atoms with Gasteiger partial charge in [0.1, 0.15) is 0 Å². The van der Waals surface area contributed by atoms with Gasteiger partial charge in [-0.2, -0.15) is 0 Å². The predicted molar refractivity (Wildman–Crippen MR) is 57.1 cm³/mol. The Morgan fingerprint density at radius 2 is 1.13 bits per heavy atom. The lowest BCUT2D eigenvalue weighted by Crippen LogP contribution is -2.28. The number of hydrogen-bond acceptors (Lipinski definition) is 1. The second-order valence-electron chi connectivity index (χ2n) is 6.12. The molecule has 0 amide bonds. The minimum atomic E-state index is 0.597. The molecule has 5 aliphatic rings. The van der Waals surface area contributed by atoms with Gasteiger partial charge >= 0.3 is 0 Å². The Kier molecular flexibility index (Phi) is 1.15. The molecule has 15 heavy (non-hydrogen) atoms. The van der Waals surface area contributed by atoms with Crippen molar-refractivity contribution in [3.05, 3.63) is 24.3 Å². The summed E-state index contributed by atoms with van der Waals surface area (Å²) in [5.74, 6) is 5.02. The van der Waals surface area contributed by atoms with Crippen LogP contribution >= 0.6 is 0 Å². The third kappa shape index (κ3) is 0.720. The SMILES string of the molecule is C1=CC2CC1C1OC3C4C=CC(C4)C3C21. The summed E-state index contributed by atoms with van der Waals surface area (Å²) >= 11 is 0. The monoisotopic (exact) mass is 200 g/mol. The summed E-state index contributed by atoms with van der Waals surface area (Å²) in [6, 6.07) is 0. The van der Waals surface area contributed by atoms with E-state index in [4.69, 9.17) is 4.74 Å². The van der Waals surface area contributed by atoms with Gasteiger partial charge in [-0.15, -0.1) is 0 Å². The molecule has 4 bridgehead atoms. The van der Waals surface area contributed by atoms with Gasteiger partial charge in [-0.1, -0.05) is 24.3 Å². The van der Waals surface area contributed by atoms with E-state index < -0.39 is 0 Å². The first-order valence-corrected chi connectivity index (χ1v) is 6.44. The molecule has 2 saturated carbocycles. The molecule has 8 unspecified atom stereocenters. The highest BCUT2D eigenvalue weighted by atomic mass is 16.5. The molecule has 1 aliphatic heterocycles. The summed E-state index contributed by atoms with van der Waals surface area (Å²) in [6.07, 6.45) is 13.8. The fraction of sp³-hybridized carbons (Fsp3) is 0.714. The predicted octanol–water partition coefficient (Wildman–Crippen LogP) is 2.40. The van der Waals surface area contributed by atoms with Crippen LogP contribution in [-0.2, 0) is 4.74 Å². The summed E-state index contributed by atoms with van der Waals surface area (Å²) in [5.41, 5.74) is 0. The van der Waals surface area contributed by atoms with Crippen LogP contribution in [0.3, 0.4) is 0 Å². The van der Waals surface area contributed by atoms with Crippen LogP contribution in [0.4, 0.5) is 0 Å². The Labute approximate surface area is 90.2 Å². The van der Waals surface area contributed by atoms with E-state index in [0.29, 0.717) is 12.2 Å². The zero-order chi connectivity index (χ0) is 9.57. The molecule has 1 nitrogen and oxygen atoms in total. The zero-order valence-corrected chi connectivity index (χ0v) is 8.75. The molecule has 3 fully saturated rings. The average Bonchev–Trinajstić information content (AvgIpc) is 3.02. The van der Waals surface area contributed by atoms with E-state index in [1.165, 1.54) is 12.8 Å². The Bertz CT molecular complexity index is 347. The van der Waals surface area contributed by atoms with Crippen molar-refractivity contribution in [1.82, 2.24) is 0 Å². The quantitative estimate of drug-likeness (QED) is 0.546. The molecular formula is C14H16O. The molecule has 0 N–H and O–H groups in total. The fourth-order valence-corrected chi connectivity index (χ4v) is 5.20. The van der Waals surface area contributed by atoms with Crippen LogP contribution in [0.2, 0.25) is 0 Å². The van der Waals surface area contributed by atoms with Crippen molar-refractivity contribution in [2.24, 2.45) is 35.5 Å². The van der Waals surface area contributed by atoms with Gasteiger partial charge in [-0.25, -0.2) is 0 Å². The van der Waals surface area contributed by atoms with Crippen LogP contribution in [-0.4, -0.2) is 12.2 Å². The summed E-state index contributed by atoms with van der Waals surface area (Å²) in [4.78, 5) is 0. The fourth-order valence-electron chi connectivity index (χ4n) is 5.20. The van der Waals surface area contributed by atoms with E-state index in [1.54, 1.807) is 0 Å². The van der Waals surface area contributed by atoms with Gasteiger partial charge in [0, 0.05) is 11.8 Å². The van der Waals surface area contributed by atoms with Gasteiger partial charge in [-0.3, -0.25) is 0 Å². The molecule has 1 heteroatoms. The molecule has 0 aromatic heterocycles. The Morgan fingerprint density at radius 1 is 0.667 bits per heavy atom. The van der Waals surface area contributed by atoms with Gasteiger partial charge in [0.05, 0.1) is 12.2 Å². The van der Waals surface area contributed by atoms with Crippen LogP contribution in [0.25, 0.3) is 0 Å². The normalized spacial score (nSPS) is 66.7. The lowest BCUT2D eigenvalue weighted by Gasteiger charge is -2.26. The zero-order valence-electron chi connectivity index (χ0n) is 8.75. The van der Waals surface area contributed by atoms with Gasteiger partial charge in [0.15, 0.2) is 0 Å². The maximum Gasteiger partial charge on any atom is 0.0679 e. The highest BCUT2D eigenvalue weighted by molar-refractivity contribution is 5.25. The first-order chi connectivity index (χ1) is 7.42. The number of rotatable bonds is 0. The number of ether oxygens (including phenoxy) is 1. The third-order valence-electron chi connectivity index (χ3n) is 5.65. The topological polar surface area (TPSA) is 9.23 Å². The summed E-state index contributed by atoms with van der Waals surface area (Å²) in [6.45, 7) is 0. The molecule has 4 aliphatic carbocycles. The van der Waals surface area contributed by atoms with Crippen molar-refractivity contribution in [3.8, 4) is 0 Å². The van der Waals surface area contributed by atoms with Gasteiger partial charge in [0.2, 0.25) is 0 Å². The van der Waals surface area contributed by atoms with Crippen molar-refractivity contribution in [3.63, 3.8) is 0 Å². The lowest BCUT2D eigenvalue weighted by molar-refractivity contribution is 0.00530. The molecule has 5 rings (SSSR count). The van der Waals surface area contributed by atoms with Crippen molar-refractivity contribution >= 4 is 0 Å². The largest absolute Gasteiger partial charge is 0.373 e. The van der Waals surface area contributed by atoms with Crippen LogP contribution in [0, 0.1) is 35.5 Å². The molecule has 1 saturated heterocycles. The highest BCUT2D eigenvalue weighted by Crippen LogP contribution is 2.62. The second-order valence-corrected chi connectivity index (χ2v) is 6.12. The lowest BCUT2D eigenvalue weighted by atomic mass is 9.75. The van der Waals surface area contributed by atoms with Crippen molar-refractivity contribution < 1.29 is 4.74 Å². The first kappa shape index (κ1) is 7.67. The van der Waals surface area contributed by atoms with Gasteiger partial charge in [-0.05, 0) is 36.5 Å². The van der Waals surface area contributed by atoms with Crippen molar-refractivity contribution in [2.45, 2.75) is 25.0 Å². The number of allylic oxidation sites excluding steroid dienone is 2. The van der Waals surface area contributed by atoms with E-state index in [2.05, 4.69) is 24.3 Å². The molecule has 0 spiro atoms. The summed E-state index contributed by atoms with van der Waals surface area (Å²) < 4.78 is 6.37.